The number of hydrogen-bond donors (Lipinski definition) is 2. The summed E-state index contributed by atoms with van der Waals surface area (Å²) >= 11 is 0. The van der Waals surface area contributed by atoms with Gasteiger partial charge in [0.1, 0.15) is 0 Å². The molecule has 0 heterocycles. The average molecular weight is 321 g/mol. The van der Waals surface area contributed by atoms with Gasteiger partial charge in [0, 0.05) is 0 Å². The van der Waals surface area contributed by atoms with Crippen molar-refractivity contribution in [3.05, 3.63) is 35.9 Å². The molecule has 0 saturated heterocycles. The molecular formula is C21H36O2. The van der Waals surface area contributed by atoms with Crippen LogP contribution >= 0.6 is 0 Å². The third-order valence-corrected chi connectivity index (χ3v) is 4.54. The fraction of sp³-hybridized carbons (Fsp3) is 0.714. The molecule has 0 amide bonds. The SMILES string of the molecule is CCCCCCCCCCC(O)CCC(O)Cc1ccccc1. The summed E-state index contributed by atoms with van der Waals surface area (Å²) in [6.07, 6.45) is 12.8. The molecule has 0 saturated carbocycles. The highest BCUT2D eigenvalue weighted by atomic mass is 16.3. The topological polar surface area (TPSA) is 40.5 Å². The molecule has 0 radical (unpaired) electrons. The number of aliphatic hydroxyl groups excluding tert-OH is 2. The molecule has 2 unspecified atom stereocenters. The molecule has 2 atom stereocenters. The average Bonchev–Trinajstić information content (AvgIpc) is 2.56. The van der Waals surface area contributed by atoms with E-state index in [2.05, 4.69) is 6.92 Å². The Morgan fingerprint density at radius 2 is 1.26 bits per heavy atom. The van der Waals surface area contributed by atoms with Gasteiger partial charge in [-0.05, 0) is 31.2 Å². The van der Waals surface area contributed by atoms with Crippen LogP contribution < -0.4 is 0 Å². The molecule has 2 nitrogen and oxygen atoms in total. The first kappa shape index (κ1) is 20.2. The van der Waals surface area contributed by atoms with Crippen LogP contribution in [0.4, 0.5) is 0 Å². The van der Waals surface area contributed by atoms with E-state index in [1.54, 1.807) is 0 Å². The zero-order valence-electron chi connectivity index (χ0n) is 14.9. The van der Waals surface area contributed by atoms with Gasteiger partial charge >= 0.3 is 0 Å². The van der Waals surface area contributed by atoms with Gasteiger partial charge in [-0.2, -0.15) is 0 Å². The first-order chi connectivity index (χ1) is 11.2. The lowest BCUT2D eigenvalue weighted by molar-refractivity contribution is 0.107. The minimum Gasteiger partial charge on any atom is -0.393 e. The molecule has 0 aromatic heterocycles. The van der Waals surface area contributed by atoms with Crippen molar-refractivity contribution >= 4 is 0 Å². The lowest BCUT2D eigenvalue weighted by atomic mass is 9.99. The predicted octanol–water partition coefficient (Wildman–Crippen LogP) is 5.26. The minimum absolute atomic E-state index is 0.250. The second-order valence-electron chi connectivity index (χ2n) is 6.84. The summed E-state index contributed by atoms with van der Waals surface area (Å²) in [5, 5.41) is 20.1. The Hall–Kier alpha value is -0.860. The van der Waals surface area contributed by atoms with E-state index in [9.17, 15) is 10.2 Å². The zero-order valence-corrected chi connectivity index (χ0v) is 14.9. The Labute approximate surface area is 142 Å². The molecule has 0 bridgehead atoms. The summed E-state index contributed by atoms with van der Waals surface area (Å²) in [6.45, 7) is 2.25. The van der Waals surface area contributed by atoms with Gasteiger partial charge in [0.25, 0.3) is 0 Å². The van der Waals surface area contributed by atoms with Crippen LogP contribution in [0.1, 0.15) is 83.1 Å². The molecule has 0 fully saturated rings. The Bertz CT molecular complexity index is 363. The van der Waals surface area contributed by atoms with Crippen LogP contribution in [-0.4, -0.2) is 22.4 Å². The lowest BCUT2D eigenvalue weighted by Gasteiger charge is -2.14. The van der Waals surface area contributed by atoms with Gasteiger partial charge in [0.15, 0.2) is 0 Å². The van der Waals surface area contributed by atoms with Crippen molar-refractivity contribution in [2.45, 2.75) is 96.2 Å². The molecule has 132 valence electrons. The van der Waals surface area contributed by atoms with Crippen LogP contribution in [-0.2, 0) is 6.42 Å². The normalized spacial score (nSPS) is 13.9. The van der Waals surface area contributed by atoms with Gasteiger partial charge < -0.3 is 10.2 Å². The zero-order chi connectivity index (χ0) is 16.8. The molecule has 2 N–H and O–H groups in total. The van der Waals surface area contributed by atoms with Crippen LogP contribution in [0.5, 0.6) is 0 Å². The van der Waals surface area contributed by atoms with Crippen molar-refractivity contribution in [3.8, 4) is 0 Å². The summed E-state index contributed by atoms with van der Waals surface area (Å²) in [6, 6.07) is 10.1. The molecule has 0 spiro atoms. The van der Waals surface area contributed by atoms with Crippen molar-refractivity contribution in [1.82, 2.24) is 0 Å². The summed E-state index contributed by atoms with van der Waals surface area (Å²) in [5.74, 6) is 0. The highest BCUT2D eigenvalue weighted by molar-refractivity contribution is 5.15. The van der Waals surface area contributed by atoms with Gasteiger partial charge in [0.2, 0.25) is 0 Å². The molecule has 0 aliphatic heterocycles. The number of rotatable bonds is 14. The lowest BCUT2D eigenvalue weighted by Crippen LogP contribution is -2.15. The van der Waals surface area contributed by atoms with Crippen molar-refractivity contribution in [1.29, 1.82) is 0 Å². The van der Waals surface area contributed by atoms with Crippen molar-refractivity contribution in [2.24, 2.45) is 0 Å². The Kier molecular flexibility index (Phi) is 11.9. The summed E-state index contributed by atoms with van der Waals surface area (Å²) in [4.78, 5) is 0. The van der Waals surface area contributed by atoms with E-state index < -0.39 is 0 Å². The minimum atomic E-state index is -0.342. The number of hydrogen-bond acceptors (Lipinski definition) is 2. The highest BCUT2D eigenvalue weighted by Crippen LogP contribution is 2.14. The maximum atomic E-state index is 10.1. The molecule has 0 aliphatic carbocycles. The summed E-state index contributed by atoms with van der Waals surface area (Å²) in [7, 11) is 0. The van der Waals surface area contributed by atoms with E-state index in [1.807, 2.05) is 30.3 Å². The fourth-order valence-corrected chi connectivity index (χ4v) is 3.03. The monoisotopic (exact) mass is 320 g/mol. The number of benzene rings is 1. The van der Waals surface area contributed by atoms with Crippen molar-refractivity contribution in [2.75, 3.05) is 0 Å². The number of aliphatic hydroxyl groups is 2. The third kappa shape index (κ3) is 11.3. The molecule has 2 heteroatoms. The van der Waals surface area contributed by atoms with Crippen LogP contribution in [0.25, 0.3) is 0 Å². The Morgan fingerprint density at radius 1 is 0.696 bits per heavy atom. The van der Waals surface area contributed by atoms with Crippen LogP contribution in [0.3, 0.4) is 0 Å². The molecule has 1 aromatic carbocycles. The summed E-state index contributed by atoms with van der Waals surface area (Å²) in [5.41, 5.74) is 1.16. The smallest absolute Gasteiger partial charge is 0.0581 e. The van der Waals surface area contributed by atoms with Crippen LogP contribution in [0.15, 0.2) is 30.3 Å². The van der Waals surface area contributed by atoms with E-state index in [0.717, 1.165) is 18.4 Å². The maximum Gasteiger partial charge on any atom is 0.0581 e. The van der Waals surface area contributed by atoms with Gasteiger partial charge in [-0.25, -0.2) is 0 Å². The van der Waals surface area contributed by atoms with E-state index in [-0.39, 0.29) is 12.2 Å². The fourth-order valence-electron chi connectivity index (χ4n) is 3.03. The first-order valence-electron chi connectivity index (χ1n) is 9.62. The first-order valence-corrected chi connectivity index (χ1v) is 9.62. The molecule has 0 aliphatic rings. The summed E-state index contributed by atoms with van der Waals surface area (Å²) < 4.78 is 0. The van der Waals surface area contributed by atoms with E-state index in [1.165, 1.54) is 44.9 Å². The van der Waals surface area contributed by atoms with Crippen molar-refractivity contribution in [3.63, 3.8) is 0 Å². The Morgan fingerprint density at radius 3 is 1.91 bits per heavy atom. The molecule has 1 aromatic rings. The molecular weight excluding hydrogens is 284 g/mol. The van der Waals surface area contributed by atoms with Crippen LogP contribution in [0.2, 0.25) is 0 Å². The van der Waals surface area contributed by atoms with Gasteiger partial charge in [0.05, 0.1) is 12.2 Å². The third-order valence-electron chi connectivity index (χ3n) is 4.54. The Balaban J connectivity index is 1.96. The van der Waals surface area contributed by atoms with E-state index in [0.29, 0.717) is 19.3 Å². The van der Waals surface area contributed by atoms with Crippen molar-refractivity contribution < 1.29 is 10.2 Å². The quantitative estimate of drug-likeness (QED) is 0.459. The predicted molar refractivity (Wildman–Crippen MR) is 98.6 cm³/mol. The van der Waals surface area contributed by atoms with Gasteiger partial charge in [-0.1, -0.05) is 88.6 Å². The van der Waals surface area contributed by atoms with Gasteiger partial charge in [-0.3, -0.25) is 0 Å². The second kappa shape index (κ2) is 13.6. The van der Waals surface area contributed by atoms with E-state index >= 15 is 0 Å². The molecule has 1 rings (SSSR count). The standard InChI is InChI=1S/C21H36O2/c1-2-3-4-5-6-7-8-12-15-20(22)16-17-21(23)18-19-13-10-9-11-14-19/h9-11,13-14,20-23H,2-8,12,15-18H2,1H3. The second-order valence-corrected chi connectivity index (χ2v) is 6.84. The molecule has 23 heavy (non-hydrogen) atoms. The highest BCUT2D eigenvalue weighted by Gasteiger charge is 2.10. The van der Waals surface area contributed by atoms with Crippen LogP contribution in [0, 0.1) is 0 Å². The maximum absolute atomic E-state index is 10.1. The number of unbranched alkanes of at least 4 members (excludes halogenated alkanes) is 7. The largest absolute Gasteiger partial charge is 0.393 e. The van der Waals surface area contributed by atoms with Gasteiger partial charge in [-0.15, -0.1) is 0 Å². The van der Waals surface area contributed by atoms with E-state index in [4.69, 9.17) is 0 Å².